The first-order valence-electron chi connectivity index (χ1n) is 11.2. The lowest BCUT2D eigenvalue weighted by molar-refractivity contribution is -0.134. The Kier molecular flexibility index (Phi) is 9.60. The zero-order chi connectivity index (χ0) is 23.6. The number of allylic oxidation sites excluding steroid dienone is 5. The van der Waals surface area contributed by atoms with Crippen molar-refractivity contribution in [3.63, 3.8) is 0 Å². The highest BCUT2D eigenvalue weighted by Crippen LogP contribution is 2.57. The molecule has 0 unspecified atom stereocenters. The van der Waals surface area contributed by atoms with Gasteiger partial charge in [-0.25, -0.2) is 4.79 Å². The number of ether oxygens (including phenoxy) is 1. The summed E-state index contributed by atoms with van der Waals surface area (Å²) < 4.78 is 4.76. The smallest absolute Gasteiger partial charge is 0.330 e. The van der Waals surface area contributed by atoms with Crippen molar-refractivity contribution in [1.82, 2.24) is 0 Å². The number of nitrogens with zero attached hydrogens (tertiary/aromatic N) is 1. The van der Waals surface area contributed by atoms with Crippen LogP contribution < -0.4 is 0 Å². The number of rotatable bonds is 9. The van der Waals surface area contributed by atoms with Gasteiger partial charge in [-0.1, -0.05) is 73.7 Å². The van der Waals surface area contributed by atoms with Crippen LogP contribution in [0.1, 0.15) is 46.5 Å². The summed E-state index contributed by atoms with van der Waals surface area (Å²) in [6.45, 7) is 10.6. The molecule has 1 fully saturated rings. The van der Waals surface area contributed by atoms with E-state index < -0.39 is 5.41 Å². The van der Waals surface area contributed by atoms with E-state index in [1.54, 1.807) is 17.8 Å². The van der Waals surface area contributed by atoms with Crippen LogP contribution >= 0.6 is 11.8 Å². The zero-order valence-corrected chi connectivity index (χ0v) is 20.5. The van der Waals surface area contributed by atoms with Crippen LogP contribution in [0, 0.1) is 34.0 Å². The van der Waals surface area contributed by atoms with E-state index in [9.17, 15) is 10.1 Å². The van der Waals surface area contributed by atoms with E-state index in [2.05, 4.69) is 44.7 Å². The fourth-order valence-electron chi connectivity index (χ4n) is 4.72. The molecule has 0 amide bonds. The molecule has 32 heavy (non-hydrogen) atoms. The third-order valence-electron chi connectivity index (χ3n) is 7.00. The van der Waals surface area contributed by atoms with Crippen molar-refractivity contribution in [2.45, 2.75) is 51.3 Å². The van der Waals surface area contributed by atoms with Gasteiger partial charge in [0.05, 0.1) is 18.6 Å². The Balaban J connectivity index is 2.25. The summed E-state index contributed by atoms with van der Waals surface area (Å²) in [5.41, 5.74) is 0.242. The van der Waals surface area contributed by atoms with Crippen LogP contribution in [0.25, 0.3) is 0 Å². The monoisotopic (exact) mass is 449 g/mol. The Morgan fingerprint density at radius 1 is 1.34 bits per heavy atom. The molecule has 0 heterocycles. The molecule has 1 aromatic rings. The van der Waals surface area contributed by atoms with Gasteiger partial charge in [0.25, 0.3) is 0 Å². The summed E-state index contributed by atoms with van der Waals surface area (Å²) in [5, 5.41) is 12.4. The molecule has 0 aromatic heterocycles. The molecule has 1 aromatic carbocycles. The van der Waals surface area contributed by atoms with Gasteiger partial charge in [0.15, 0.2) is 0 Å². The van der Waals surface area contributed by atoms with E-state index in [0.717, 1.165) is 31.3 Å². The number of esters is 1. The molecule has 0 aliphatic heterocycles. The van der Waals surface area contributed by atoms with Gasteiger partial charge in [0.1, 0.15) is 0 Å². The van der Waals surface area contributed by atoms with E-state index >= 15 is 0 Å². The second kappa shape index (κ2) is 11.9. The summed E-state index contributed by atoms with van der Waals surface area (Å²) in [5.74, 6) is 0.209. The van der Waals surface area contributed by atoms with Crippen molar-refractivity contribution < 1.29 is 9.53 Å². The first-order chi connectivity index (χ1) is 15.3. The molecule has 0 radical (unpaired) electrons. The molecular weight excluding hydrogens is 414 g/mol. The van der Waals surface area contributed by atoms with Crippen molar-refractivity contribution in [3.8, 4) is 6.07 Å². The van der Waals surface area contributed by atoms with Crippen LogP contribution in [-0.4, -0.2) is 13.1 Å². The van der Waals surface area contributed by atoms with Gasteiger partial charge in [0, 0.05) is 11.0 Å². The molecule has 1 saturated carbocycles. The van der Waals surface area contributed by atoms with Gasteiger partial charge in [-0.05, 0) is 67.4 Å². The minimum absolute atomic E-state index is 0.105. The summed E-state index contributed by atoms with van der Waals surface area (Å²) in [7, 11) is 1.39. The van der Waals surface area contributed by atoms with Crippen molar-refractivity contribution >= 4 is 17.7 Å². The first kappa shape index (κ1) is 25.7. The fraction of sp³-hybridized carbons (Fsp3) is 0.429. The summed E-state index contributed by atoms with van der Waals surface area (Å²) in [6, 6.07) is 12.9. The topological polar surface area (TPSA) is 50.1 Å². The van der Waals surface area contributed by atoms with Crippen LogP contribution in [0.2, 0.25) is 0 Å². The number of thioether (sulfide) groups is 1. The average molecular weight is 450 g/mol. The Labute approximate surface area is 197 Å². The van der Waals surface area contributed by atoms with Gasteiger partial charge in [-0.15, -0.1) is 6.58 Å². The highest BCUT2D eigenvalue weighted by molar-refractivity contribution is 8.02. The van der Waals surface area contributed by atoms with Gasteiger partial charge in [0.2, 0.25) is 0 Å². The zero-order valence-electron chi connectivity index (χ0n) is 19.7. The van der Waals surface area contributed by atoms with Crippen LogP contribution in [0.5, 0.6) is 0 Å². The quantitative estimate of drug-likeness (QED) is 0.129. The van der Waals surface area contributed by atoms with E-state index in [0.29, 0.717) is 5.92 Å². The minimum Gasteiger partial charge on any atom is -0.466 e. The third kappa shape index (κ3) is 6.26. The molecule has 0 saturated heterocycles. The molecule has 0 bridgehead atoms. The lowest BCUT2D eigenvalue weighted by Gasteiger charge is -2.52. The normalized spacial score (nSPS) is 28.5. The number of carbonyl (C=O) groups excluding carboxylic acids is 1. The maximum Gasteiger partial charge on any atom is 0.330 e. The van der Waals surface area contributed by atoms with Crippen molar-refractivity contribution in [2.24, 2.45) is 22.7 Å². The number of hydrogen-bond donors (Lipinski definition) is 0. The summed E-state index contributed by atoms with van der Waals surface area (Å²) >= 11 is 1.66. The Morgan fingerprint density at radius 3 is 2.69 bits per heavy atom. The first-order valence-corrected chi connectivity index (χ1v) is 12.1. The second-order valence-corrected chi connectivity index (χ2v) is 9.86. The van der Waals surface area contributed by atoms with Crippen LogP contribution in [0.4, 0.5) is 0 Å². The van der Waals surface area contributed by atoms with Gasteiger partial charge >= 0.3 is 5.97 Å². The number of benzene rings is 1. The second-order valence-electron chi connectivity index (χ2n) is 8.89. The number of hydrogen-bond acceptors (Lipinski definition) is 4. The molecular formula is C28H35NO2S. The number of carbonyl (C=O) groups is 1. The minimum atomic E-state index is -0.567. The highest BCUT2D eigenvalue weighted by Gasteiger charge is 2.51. The molecule has 2 rings (SSSR count). The lowest BCUT2D eigenvalue weighted by atomic mass is 9.50. The molecule has 0 N–H and O–H groups in total. The van der Waals surface area contributed by atoms with Crippen molar-refractivity contribution in [2.75, 3.05) is 7.11 Å². The van der Waals surface area contributed by atoms with Gasteiger partial charge in [-0.3, -0.25) is 0 Å². The largest absolute Gasteiger partial charge is 0.466 e. The van der Waals surface area contributed by atoms with E-state index in [-0.39, 0.29) is 17.3 Å². The average Bonchev–Trinajstić information content (AvgIpc) is 2.81. The van der Waals surface area contributed by atoms with Crippen LogP contribution in [0.3, 0.4) is 0 Å². The van der Waals surface area contributed by atoms with Crippen LogP contribution in [0.15, 0.2) is 83.2 Å². The molecule has 3 nitrogen and oxygen atoms in total. The molecule has 1 aliphatic rings. The molecule has 1 aliphatic carbocycles. The Hall–Kier alpha value is -2.51. The van der Waals surface area contributed by atoms with Crippen molar-refractivity contribution in [1.29, 1.82) is 5.26 Å². The Morgan fingerprint density at radius 2 is 2.06 bits per heavy atom. The molecule has 4 heteroatoms. The molecule has 4 atom stereocenters. The predicted molar refractivity (Wildman–Crippen MR) is 134 cm³/mol. The number of nitriles is 1. The van der Waals surface area contributed by atoms with Gasteiger partial charge < -0.3 is 4.74 Å². The van der Waals surface area contributed by atoms with E-state index in [4.69, 9.17) is 4.74 Å². The highest BCUT2D eigenvalue weighted by atomic mass is 32.2. The fourth-order valence-corrected chi connectivity index (χ4v) is 5.36. The van der Waals surface area contributed by atoms with Crippen LogP contribution in [-0.2, 0) is 9.53 Å². The predicted octanol–water partition coefficient (Wildman–Crippen LogP) is 7.50. The standard InChI is InChI=1S/C28H35NO2S/c1-6-27(4)23(3)16-18-28(21-29,25(27)15-14-22(2)20-26(30)31-5)17-10-11-19-32-24-12-8-7-9-13-24/h6-13,17,19-20,23,25H,1,14-16,18H2,2-5H3/b17-10+,19-11-,22-20-/t23-,25-,27+,28-/m1/s1. The lowest BCUT2D eigenvalue weighted by Crippen LogP contribution is -2.47. The maximum absolute atomic E-state index is 11.6. The van der Waals surface area contributed by atoms with Crippen molar-refractivity contribution in [3.05, 3.63) is 78.3 Å². The maximum atomic E-state index is 11.6. The summed E-state index contributed by atoms with van der Waals surface area (Å²) in [4.78, 5) is 12.8. The summed E-state index contributed by atoms with van der Waals surface area (Å²) in [6.07, 6.45) is 13.1. The molecule has 0 spiro atoms. The Bertz CT molecular complexity index is 911. The molecule has 170 valence electrons. The van der Waals surface area contributed by atoms with E-state index in [1.165, 1.54) is 12.0 Å². The number of methoxy groups -OCH3 is 1. The van der Waals surface area contributed by atoms with Gasteiger partial charge in [-0.2, -0.15) is 5.26 Å². The third-order valence-corrected chi connectivity index (χ3v) is 7.83. The SMILES string of the molecule is C=C[C@@]1(C)[C@H](C)CC[C@@](C#N)(/C=C/C=C\Sc2ccccc2)[C@@H]1CC/C(C)=C\C(=O)OC. The van der Waals surface area contributed by atoms with E-state index in [1.807, 2.05) is 48.8 Å².